The number of nitrogens with one attached hydrogen (secondary N) is 1. The first-order valence-corrected chi connectivity index (χ1v) is 7.10. The van der Waals surface area contributed by atoms with Crippen molar-refractivity contribution in [3.05, 3.63) is 28.8 Å². The van der Waals surface area contributed by atoms with Crippen molar-refractivity contribution in [2.24, 2.45) is 0 Å². The third kappa shape index (κ3) is 4.51. The normalized spacial score (nSPS) is 12.5. The zero-order valence-corrected chi connectivity index (χ0v) is 12.9. The summed E-state index contributed by atoms with van der Waals surface area (Å²) in [6.45, 7) is 10.9. The van der Waals surface area contributed by atoms with E-state index in [1.54, 1.807) is 7.11 Å². The number of benzene rings is 1. The first-order valence-electron chi connectivity index (χ1n) is 7.10. The molecule has 1 aromatic carbocycles. The molecule has 3 nitrogen and oxygen atoms in total. The van der Waals surface area contributed by atoms with Gasteiger partial charge in [-0.25, -0.2) is 0 Å². The molecule has 0 heterocycles. The Labute approximate surface area is 117 Å². The van der Waals surface area contributed by atoms with E-state index >= 15 is 0 Å². The summed E-state index contributed by atoms with van der Waals surface area (Å²) in [4.78, 5) is 0. The van der Waals surface area contributed by atoms with Crippen molar-refractivity contribution < 1.29 is 9.47 Å². The maximum atomic E-state index is 5.71. The van der Waals surface area contributed by atoms with Crippen LogP contribution in [0.4, 0.5) is 0 Å². The van der Waals surface area contributed by atoms with E-state index in [1.165, 1.54) is 16.7 Å². The molecule has 1 N–H and O–H groups in total. The fourth-order valence-electron chi connectivity index (χ4n) is 2.26. The molecule has 1 rings (SSSR count). The molecular formula is C16H27NO2. The lowest BCUT2D eigenvalue weighted by Gasteiger charge is -2.22. The van der Waals surface area contributed by atoms with Gasteiger partial charge in [0, 0.05) is 6.61 Å². The van der Waals surface area contributed by atoms with E-state index in [0.717, 1.165) is 25.3 Å². The summed E-state index contributed by atoms with van der Waals surface area (Å²) >= 11 is 0. The molecule has 0 spiro atoms. The predicted octanol–water partition coefficient (Wildman–Crippen LogP) is 3.39. The number of likely N-dealkylation sites (N-methyl/N-ethyl adjacent to an activating group) is 1. The molecule has 108 valence electrons. The smallest absolute Gasteiger partial charge is 0.122 e. The minimum Gasteiger partial charge on any atom is -0.496 e. The molecule has 0 aliphatic rings. The molecule has 19 heavy (non-hydrogen) atoms. The number of rotatable bonds is 8. The second kappa shape index (κ2) is 8.18. The third-order valence-electron chi connectivity index (χ3n) is 3.24. The van der Waals surface area contributed by atoms with Gasteiger partial charge in [0.1, 0.15) is 5.75 Å². The van der Waals surface area contributed by atoms with Crippen molar-refractivity contribution in [1.29, 1.82) is 0 Å². The van der Waals surface area contributed by atoms with Gasteiger partial charge in [0.25, 0.3) is 0 Å². The molecule has 0 saturated carbocycles. The number of aryl methyl sites for hydroxylation is 2. The highest BCUT2D eigenvalue weighted by atomic mass is 16.5. The summed E-state index contributed by atoms with van der Waals surface area (Å²) in [7, 11) is 1.72. The van der Waals surface area contributed by atoms with Gasteiger partial charge in [-0.1, -0.05) is 19.9 Å². The molecule has 0 aromatic heterocycles. The Bertz CT molecular complexity index is 391. The first-order chi connectivity index (χ1) is 9.13. The van der Waals surface area contributed by atoms with Crippen LogP contribution in [-0.2, 0) is 4.74 Å². The second-order valence-corrected chi connectivity index (χ2v) is 4.86. The molecule has 3 heteroatoms. The average molecular weight is 265 g/mol. The van der Waals surface area contributed by atoms with Crippen molar-refractivity contribution >= 4 is 0 Å². The quantitative estimate of drug-likeness (QED) is 0.731. The Morgan fingerprint density at radius 2 is 1.89 bits per heavy atom. The van der Waals surface area contributed by atoms with Gasteiger partial charge in [0.2, 0.25) is 0 Å². The lowest BCUT2D eigenvalue weighted by Crippen LogP contribution is -2.26. The Hall–Kier alpha value is -1.06. The van der Waals surface area contributed by atoms with Crippen LogP contribution < -0.4 is 10.1 Å². The van der Waals surface area contributed by atoms with E-state index in [0.29, 0.717) is 6.61 Å². The van der Waals surface area contributed by atoms with Crippen LogP contribution in [0.3, 0.4) is 0 Å². The Balaban J connectivity index is 2.91. The van der Waals surface area contributed by atoms with Crippen LogP contribution in [0.15, 0.2) is 12.1 Å². The molecule has 1 unspecified atom stereocenters. The first kappa shape index (κ1) is 16.0. The fourth-order valence-corrected chi connectivity index (χ4v) is 2.26. The van der Waals surface area contributed by atoms with Crippen LogP contribution in [0.5, 0.6) is 5.75 Å². The Kier molecular flexibility index (Phi) is 6.89. The summed E-state index contributed by atoms with van der Waals surface area (Å²) in [5, 5.41) is 3.50. The SMILES string of the molecule is CCCOCC(NCC)c1cc(C)c(OC)cc1C. The van der Waals surface area contributed by atoms with Gasteiger partial charge in [-0.05, 0) is 49.6 Å². The highest BCUT2D eigenvalue weighted by Gasteiger charge is 2.15. The van der Waals surface area contributed by atoms with Crippen molar-refractivity contribution in [2.45, 2.75) is 40.2 Å². The Morgan fingerprint density at radius 3 is 2.47 bits per heavy atom. The van der Waals surface area contributed by atoms with Gasteiger partial charge < -0.3 is 14.8 Å². The molecule has 1 aromatic rings. The standard InChI is InChI=1S/C16H27NO2/c1-6-8-19-11-15(17-7-2)14-9-13(4)16(18-5)10-12(14)3/h9-10,15,17H,6-8,11H2,1-5H3. The lowest BCUT2D eigenvalue weighted by molar-refractivity contribution is 0.112. The molecule has 0 fully saturated rings. The van der Waals surface area contributed by atoms with E-state index in [9.17, 15) is 0 Å². The van der Waals surface area contributed by atoms with Gasteiger partial charge in [-0.15, -0.1) is 0 Å². The maximum Gasteiger partial charge on any atom is 0.122 e. The second-order valence-electron chi connectivity index (χ2n) is 4.86. The van der Waals surface area contributed by atoms with Crippen LogP contribution in [0, 0.1) is 13.8 Å². The predicted molar refractivity (Wildman–Crippen MR) is 80.0 cm³/mol. The van der Waals surface area contributed by atoms with E-state index in [-0.39, 0.29) is 6.04 Å². The van der Waals surface area contributed by atoms with Crippen LogP contribution in [0.25, 0.3) is 0 Å². The van der Waals surface area contributed by atoms with Crippen molar-refractivity contribution in [2.75, 3.05) is 26.9 Å². The largest absolute Gasteiger partial charge is 0.496 e. The maximum absolute atomic E-state index is 5.71. The highest BCUT2D eigenvalue weighted by Crippen LogP contribution is 2.26. The summed E-state index contributed by atoms with van der Waals surface area (Å²) in [5.74, 6) is 0.950. The van der Waals surface area contributed by atoms with Crippen molar-refractivity contribution in [3.8, 4) is 5.75 Å². The summed E-state index contributed by atoms with van der Waals surface area (Å²) in [6, 6.07) is 4.56. The molecular weight excluding hydrogens is 238 g/mol. The van der Waals surface area contributed by atoms with Gasteiger partial charge in [-0.3, -0.25) is 0 Å². The summed E-state index contributed by atoms with van der Waals surface area (Å²) in [5.41, 5.74) is 3.71. The zero-order chi connectivity index (χ0) is 14.3. The fraction of sp³-hybridized carbons (Fsp3) is 0.625. The van der Waals surface area contributed by atoms with Crippen LogP contribution in [0.1, 0.15) is 43.0 Å². The molecule has 0 saturated heterocycles. The van der Waals surface area contributed by atoms with Crippen molar-refractivity contribution in [3.63, 3.8) is 0 Å². The van der Waals surface area contributed by atoms with E-state index in [1.807, 2.05) is 0 Å². The summed E-state index contributed by atoms with van der Waals surface area (Å²) in [6.07, 6.45) is 1.06. The number of hydrogen-bond acceptors (Lipinski definition) is 3. The molecule has 0 aliphatic heterocycles. The van der Waals surface area contributed by atoms with E-state index < -0.39 is 0 Å². The molecule has 0 radical (unpaired) electrons. The average Bonchev–Trinajstić information content (AvgIpc) is 2.40. The monoisotopic (exact) mass is 265 g/mol. The van der Waals surface area contributed by atoms with Gasteiger partial charge in [0.15, 0.2) is 0 Å². The van der Waals surface area contributed by atoms with Crippen LogP contribution >= 0.6 is 0 Å². The van der Waals surface area contributed by atoms with Crippen LogP contribution in [0.2, 0.25) is 0 Å². The number of ether oxygens (including phenoxy) is 2. The zero-order valence-electron chi connectivity index (χ0n) is 12.9. The van der Waals surface area contributed by atoms with E-state index in [2.05, 4.69) is 45.1 Å². The van der Waals surface area contributed by atoms with Crippen molar-refractivity contribution in [1.82, 2.24) is 5.32 Å². The van der Waals surface area contributed by atoms with Gasteiger partial charge in [0.05, 0.1) is 19.8 Å². The minimum absolute atomic E-state index is 0.251. The molecule has 0 bridgehead atoms. The molecule has 0 aliphatic carbocycles. The van der Waals surface area contributed by atoms with Gasteiger partial charge in [-0.2, -0.15) is 0 Å². The van der Waals surface area contributed by atoms with Crippen LogP contribution in [-0.4, -0.2) is 26.9 Å². The van der Waals surface area contributed by atoms with Gasteiger partial charge >= 0.3 is 0 Å². The highest BCUT2D eigenvalue weighted by molar-refractivity contribution is 5.42. The summed E-state index contributed by atoms with van der Waals surface area (Å²) < 4.78 is 11.1. The molecule has 1 atom stereocenters. The number of hydrogen-bond donors (Lipinski definition) is 1. The third-order valence-corrected chi connectivity index (χ3v) is 3.24. The minimum atomic E-state index is 0.251. The topological polar surface area (TPSA) is 30.5 Å². The lowest BCUT2D eigenvalue weighted by atomic mass is 9.98. The van der Waals surface area contributed by atoms with E-state index in [4.69, 9.17) is 9.47 Å². The Morgan fingerprint density at radius 1 is 1.16 bits per heavy atom. The number of methoxy groups -OCH3 is 1. The molecule has 0 amide bonds.